The Labute approximate surface area is 159 Å². The Kier molecular flexibility index (Phi) is 8.00. The van der Waals surface area contributed by atoms with Crippen molar-refractivity contribution < 1.29 is 9.59 Å². The third-order valence-corrected chi connectivity index (χ3v) is 4.87. The number of amides is 2. The highest BCUT2D eigenvalue weighted by Gasteiger charge is 2.22. The lowest BCUT2D eigenvalue weighted by atomic mass is 10.1. The summed E-state index contributed by atoms with van der Waals surface area (Å²) in [6.07, 6.45) is 1.97. The van der Waals surface area contributed by atoms with E-state index in [0.717, 1.165) is 25.1 Å². The van der Waals surface area contributed by atoms with E-state index in [4.69, 9.17) is 23.2 Å². The number of aryl methyl sites for hydroxylation is 1. The number of piperazine rings is 1. The van der Waals surface area contributed by atoms with E-state index in [1.807, 2.05) is 17.9 Å². The monoisotopic (exact) mass is 385 g/mol. The first kappa shape index (κ1) is 20.0. The summed E-state index contributed by atoms with van der Waals surface area (Å²) in [7, 11) is 0. The van der Waals surface area contributed by atoms with Crippen LogP contribution in [0.3, 0.4) is 0 Å². The summed E-state index contributed by atoms with van der Waals surface area (Å²) < 4.78 is 0. The van der Waals surface area contributed by atoms with Crippen LogP contribution in [0.4, 0.5) is 0 Å². The van der Waals surface area contributed by atoms with Crippen LogP contribution in [0.2, 0.25) is 10.0 Å². The van der Waals surface area contributed by atoms with Crippen LogP contribution in [-0.2, 0) is 16.0 Å². The number of nitrogens with zero attached hydrogens (tertiary/aromatic N) is 2. The lowest BCUT2D eigenvalue weighted by Gasteiger charge is -2.34. The Balaban J connectivity index is 1.73. The number of carbonyl (C=O) groups excluding carboxylic acids is 2. The largest absolute Gasteiger partial charge is 0.355 e. The average molecular weight is 386 g/mol. The van der Waals surface area contributed by atoms with E-state index in [1.54, 1.807) is 12.1 Å². The molecule has 7 heteroatoms. The van der Waals surface area contributed by atoms with Crippen molar-refractivity contribution in [3.05, 3.63) is 33.8 Å². The molecule has 1 fully saturated rings. The Hall–Kier alpha value is -1.30. The van der Waals surface area contributed by atoms with E-state index < -0.39 is 0 Å². The summed E-state index contributed by atoms with van der Waals surface area (Å²) in [5.74, 6) is 0.181. The minimum atomic E-state index is 0.0546. The summed E-state index contributed by atoms with van der Waals surface area (Å²) in [5.41, 5.74) is 0.936. The van der Waals surface area contributed by atoms with E-state index in [0.29, 0.717) is 49.1 Å². The molecular formula is C18H25Cl2N3O2. The summed E-state index contributed by atoms with van der Waals surface area (Å²) in [4.78, 5) is 28.1. The Bertz CT molecular complexity index is 602. The van der Waals surface area contributed by atoms with E-state index in [9.17, 15) is 9.59 Å². The van der Waals surface area contributed by atoms with Gasteiger partial charge in [-0.05, 0) is 30.5 Å². The van der Waals surface area contributed by atoms with E-state index in [-0.39, 0.29) is 11.8 Å². The molecule has 0 bridgehead atoms. The van der Waals surface area contributed by atoms with Crippen LogP contribution in [0.5, 0.6) is 0 Å². The van der Waals surface area contributed by atoms with Gasteiger partial charge in [0.2, 0.25) is 11.8 Å². The second kappa shape index (κ2) is 10.00. The topological polar surface area (TPSA) is 52.7 Å². The molecule has 0 unspecified atom stereocenters. The predicted molar refractivity (Wildman–Crippen MR) is 101 cm³/mol. The Morgan fingerprint density at radius 3 is 2.52 bits per heavy atom. The third kappa shape index (κ3) is 6.49. The van der Waals surface area contributed by atoms with Crippen molar-refractivity contribution in [2.24, 2.45) is 0 Å². The van der Waals surface area contributed by atoms with Gasteiger partial charge in [0.15, 0.2) is 0 Å². The maximum atomic E-state index is 12.4. The fourth-order valence-electron chi connectivity index (χ4n) is 2.80. The molecule has 0 saturated carbocycles. The highest BCUT2D eigenvalue weighted by molar-refractivity contribution is 6.35. The van der Waals surface area contributed by atoms with Gasteiger partial charge in [-0.3, -0.25) is 14.5 Å². The second-order valence-corrected chi connectivity index (χ2v) is 7.09. The molecule has 1 aliphatic heterocycles. The van der Waals surface area contributed by atoms with Crippen molar-refractivity contribution in [1.82, 2.24) is 15.1 Å². The molecule has 1 aliphatic rings. The summed E-state index contributed by atoms with van der Waals surface area (Å²) in [5, 5.41) is 4.07. The zero-order chi connectivity index (χ0) is 18.2. The Morgan fingerprint density at radius 1 is 1.16 bits per heavy atom. The van der Waals surface area contributed by atoms with Gasteiger partial charge in [-0.2, -0.15) is 0 Å². The van der Waals surface area contributed by atoms with Crippen molar-refractivity contribution in [2.45, 2.75) is 26.2 Å². The molecule has 1 aromatic rings. The number of nitrogens with one attached hydrogen (secondary N) is 1. The minimum absolute atomic E-state index is 0.0546. The van der Waals surface area contributed by atoms with Gasteiger partial charge in [-0.25, -0.2) is 0 Å². The number of halogens is 2. The first-order valence-electron chi connectivity index (χ1n) is 8.70. The van der Waals surface area contributed by atoms with Crippen LogP contribution in [0.15, 0.2) is 18.2 Å². The van der Waals surface area contributed by atoms with Gasteiger partial charge in [0.1, 0.15) is 0 Å². The summed E-state index contributed by atoms with van der Waals surface area (Å²) in [6, 6.07) is 5.35. The van der Waals surface area contributed by atoms with Crippen molar-refractivity contribution in [3.8, 4) is 0 Å². The van der Waals surface area contributed by atoms with Crippen LogP contribution in [0, 0.1) is 0 Å². The van der Waals surface area contributed by atoms with Gasteiger partial charge in [0.25, 0.3) is 0 Å². The fraction of sp³-hybridized carbons (Fsp3) is 0.556. The lowest BCUT2D eigenvalue weighted by Crippen LogP contribution is -2.51. The molecule has 1 aromatic carbocycles. The molecule has 0 aliphatic carbocycles. The first-order valence-corrected chi connectivity index (χ1v) is 9.46. The lowest BCUT2D eigenvalue weighted by molar-refractivity contribution is -0.133. The number of hydrogen-bond donors (Lipinski definition) is 1. The molecule has 0 aromatic heterocycles. The second-order valence-electron chi connectivity index (χ2n) is 6.24. The van der Waals surface area contributed by atoms with Gasteiger partial charge in [-0.1, -0.05) is 36.2 Å². The highest BCUT2D eigenvalue weighted by Crippen LogP contribution is 2.22. The molecule has 25 heavy (non-hydrogen) atoms. The van der Waals surface area contributed by atoms with Crippen molar-refractivity contribution >= 4 is 35.0 Å². The summed E-state index contributed by atoms with van der Waals surface area (Å²) >= 11 is 12.0. The molecule has 1 N–H and O–H groups in total. The minimum Gasteiger partial charge on any atom is -0.355 e. The number of hydrogen-bond acceptors (Lipinski definition) is 3. The maximum Gasteiger partial charge on any atom is 0.234 e. The number of carbonyl (C=O) groups is 2. The van der Waals surface area contributed by atoms with E-state index >= 15 is 0 Å². The van der Waals surface area contributed by atoms with Gasteiger partial charge < -0.3 is 10.2 Å². The van der Waals surface area contributed by atoms with Crippen molar-refractivity contribution in [2.75, 3.05) is 39.3 Å². The number of benzene rings is 1. The highest BCUT2D eigenvalue weighted by atomic mass is 35.5. The first-order chi connectivity index (χ1) is 12.0. The zero-order valence-electron chi connectivity index (χ0n) is 14.6. The Morgan fingerprint density at radius 2 is 1.88 bits per heavy atom. The normalized spacial score (nSPS) is 15.2. The van der Waals surface area contributed by atoms with E-state index in [1.165, 1.54) is 0 Å². The van der Waals surface area contributed by atoms with Crippen molar-refractivity contribution in [1.29, 1.82) is 0 Å². The molecular weight excluding hydrogens is 361 g/mol. The fourth-order valence-corrected chi connectivity index (χ4v) is 3.31. The molecule has 0 radical (unpaired) electrons. The van der Waals surface area contributed by atoms with Gasteiger partial charge >= 0.3 is 0 Å². The quantitative estimate of drug-likeness (QED) is 0.784. The van der Waals surface area contributed by atoms with Crippen LogP contribution in [-0.4, -0.2) is 60.9 Å². The molecule has 2 rings (SSSR count). The van der Waals surface area contributed by atoms with Crippen molar-refractivity contribution in [3.63, 3.8) is 0 Å². The molecule has 1 heterocycles. The molecule has 5 nitrogen and oxygen atoms in total. The zero-order valence-corrected chi connectivity index (χ0v) is 16.1. The standard InChI is InChI=1S/C18H25Cl2N3O2/c1-2-7-21-17(24)13-22-8-10-23(11-9-22)18(25)6-4-14-3-5-15(19)12-16(14)20/h3,5,12H,2,4,6-11,13H2,1H3,(H,21,24). The third-order valence-electron chi connectivity index (χ3n) is 4.29. The van der Waals surface area contributed by atoms with Gasteiger partial charge in [0, 0.05) is 49.2 Å². The smallest absolute Gasteiger partial charge is 0.234 e. The van der Waals surface area contributed by atoms with Crippen LogP contribution in [0.25, 0.3) is 0 Å². The maximum absolute atomic E-state index is 12.4. The molecule has 0 atom stereocenters. The van der Waals surface area contributed by atoms with Crippen LogP contribution < -0.4 is 5.32 Å². The molecule has 2 amide bonds. The van der Waals surface area contributed by atoms with E-state index in [2.05, 4.69) is 10.2 Å². The SMILES string of the molecule is CCCNC(=O)CN1CCN(C(=O)CCc2ccc(Cl)cc2Cl)CC1. The number of rotatable bonds is 7. The van der Waals surface area contributed by atoms with Gasteiger partial charge in [0.05, 0.1) is 6.54 Å². The van der Waals surface area contributed by atoms with Gasteiger partial charge in [-0.15, -0.1) is 0 Å². The summed E-state index contributed by atoms with van der Waals surface area (Å²) in [6.45, 7) is 5.93. The van der Waals surface area contributed by atoms with Crippen LogP contribution >= 0.6 is 23.2 Å². The average Bonchev–Trinajstić information content (AvgIpc) is 2.59. The molecule has 1 saturated heterocycles. The molecule has 0 spiro atoms. The molecule has 138 valence electrons. The predicted octanol–water partition coefficient (Wildman–Crippen LogP) is 2.60. The van der Waals surface area contributed by atoms with Crippen LogP contribution in [0.1, 0.15) is 25.3 Å².